The molecule has 3 heterocycles. The number of rotatable bonds is 4. The van der Waals surface area contributed by atoms with Crippen molar-refractivity contribution in [3.8, 4) is 39.9 Å². The van der Waals surface area contributed by atoms with Crippen LogP contribution in [0.2, 0.25) is 0 Å². The van der Waals surface area contributed by atoms with E-state index in [4.69, 9.17) is 19.4 Å². The highest BCUT2D eigenvalue weighted by atomic mass is 16.3. The molecule has 0 atom stereocenters. The highest BCUT2D eigenvalue weighted by molar-refractivity contribution is 6.28. The first-order valence-corrected chi connectivity index (χ1v) is 23.1. The fraction of sp³-hybridized carbons (Fsp3) is 0. The van der Waals surface area contributed by atoms with Gasteiger partial charge in [0.15, 0.2) is 23.1 Å². The highest BCUT2D eigenvalue weighted by Crippen LogP contribution is 2.49. The van der Waals surface area contributed by atoms with E-state index in [1.165, 1.54) is 37.7 Å². The number of hydrogen-bond donors (Lipinski definition) is 0. The molecule has 314 valence electrons. The fourth-order valence-corrected chi connectivity index (χ4v) is 11.1. The van der Waals surface area contributed by atoms with Crippen LogP contribution < -0.4 is 0 Å². The summed E-state index contributed by atoms with van der Waals surface area (Å²) in [6.45, 7) is 0. The van der Waals surface area contributed by atoms with Crippen molar-refractivity contribution in [2.45, 2.75) is 0 Å². The summed E-state index contributed by atoms with van der Waals surface area (Å²) in [5, 5.41) is 18.2. The van der Waals surface area contributed by atoms with Crippen LogP contribution in [0.5, 0.6) is 0 Å². The van der Waals surface area contributed by atoms with E-state index < -0.39 is 0 Å². The predicted octanol–water partition coefficient (Wildman–Crippen LogP) is 16.8. The number of hydrogen-bond acceptors (Lipinski definition) is 4. The Labute approximate surface area is 388 Å². The fourth-order valence-electron chi connectivity index (χ4n) is 11.1. The third kappa shape index (κ3) is 5.35. The average molecular weight is 865 g/mol. The zero-order chi connectivity index (χ0) is 44.5. The lowest BCUT2D eigenvalue weighted by Gasteiger charge is -2.18. The third-order valence-corrected chi connectivity index (χ3v) is 14.2. The van der Waals surface area contributed by atoms with Gasteiger partial charge in [0, 0.05) is 32.7 Å². The van der Waals surface area contributed by atoms with Gasteiger partial charge in [0.2, 0.25) is 0 Å². The van der Waals surface area contributed by atoms with Crippen molar-refractivity contribution in [2.75, 3.05) is 0 Å². The maximum absolute atomic E-state index is 7.23. The molecule has 0 aliphatic carbocycles. The first-order chi connectivity index (χ1) is 33.7. The quantitative estimate of drug-likeness (QED) is 0.165. The van der Waals surface area contributed by atoms with Crippen molar-refractivity contribution < 1.29 is 4.42 Å². The second kappa shape index (κ2) is 14.2. The van der Waals surface area contributed by atoms with Gasteiger partial charge in [0.05, 0.1) is 16.6 Å². The summed E-state index contributed by atoms with van der Waals surface area (Å²) < 4.78 is 9.66. The standard InChI is InChI=1S/C63H36N4O/c1-2-18-41-36-54-52(35-40(41)17-1)56-47-22-8-5-16-39(47)31-33-53(56)67(54)59-58(49-24-10-9-23-48(49)57-51-25-11-12-27-55(51)68-60(57)59)63-65-61(64-62(66-63)50-26-13-19-37-14-3-7-21-45(37)50)43-30-32-46-42(34-43)29-28-38-15-4-6-20-44(38)46/h1-36H. The zero-order valence-corrected chi connectivity index (χ0v) is 36.5. The van der Waals surface area contributed by atoms with Crippen molar-refractivity contribution in [3.05, 3.63) is 218 Å². The molecular weight excluding hydrogens is 829 g/mol. The highest BCUT2D eigenvalue weighted by Gasteiger charge is 2.28. The molecule has 0 radical (unpaired) electrons. The lowest BCUT2D eigenvalue weighted by Crippen LogP contribution is -2.05. The number of furan rings is 1. The Kier molecular flexibility index (Phi) is 7.72. The van der Waals surface area contributed by atoms with Crippen LogP contribution >= 0.6 is 0 Å². The van der Waals surface area contributed by atoms with Gasteiger partial charge in [-0.2, -0.15) is 0 Å². The molecule has 0 aliphatic heterocycles. The first kappa shape index (κ1) is 37.1. The molecule has 0 spiro atoms. The monoisotopic (exact) mass is 864 g/mol. The van der Waals surface area contributed by atoms with Crippen LogP contribution in [0.15, 0.2) is 223 Å². The van der Waals surface area contributed by atoms with E-state index in [2.05, 4.69) is 217 Å². The summed E-state index contributed by atoms with van der Waals surface area (Å²) >= 11 is 0. The number of aromatic nitrogens is 4. The molecule has 5 heteroatoms. The summed E-state index contributed by atoms with van der Waals surface area (Å²) in [6.07, 6.45) is 0. The van der Waals surface area contributed by atoms with Gasteiger partial charge >= 0.3 is 0 Å². The zero-order valence-electron chi connectivity index (χ0n) is 36.5. The third-order valence-electron chi connectivity index (χ3n) is 14.2. The smallest absolute Gasteiger partial charge is 0.166 e. The van der Waals surface area contributed by atoms with Crippen molar-refractivity contribution in [2.24, 2.45) is 0 Å². The predicted molar refractivity (Wildman–Crippen MR) is 283 cm³/mol. The van der Waals surface area contributed by atoms with Crippen molar-refractivity contribution in [1.82, 2.24) is 19.5 Å². The van der Waals surface area contributed by atoms with E-state index in [-0.39, 0.29) is 0 Å². The van der Waals surface area contributed by atoms with E-state index in [0.717, 1.165) is 93.1 Å². The summed E-state index contributed by atoms with van der Waals surface area (Å²) in [5.74, 6) is 1.74. The minimum Gasteiger partial charge on any atom is -0.454 e. The summed E-state index contributed by atoms with van der Waals surface area (Å²) in [6, 6.07) is 78.0. The van der Waals surface area contributed by atoms with Gasteiger partial charge in [-0.25, -0.2) is 15.0 Å². The molecule has 0 saturated heterocycles. The van der Waals surface area contributed by atoms with Gasteiger partial charge in [0.1, 0.15) is 11.3 Å². The molecule has 0 N–H and O–H groups in total. The number of benzene rings is 12. The Morgan fingerprint density at radius 2 is 0.897 bits per heavy atom. The second-order valence-electron chi connectivity index (χ2n) is 17.9. The van der Waals surface area contributed by atoms with Gasteiger partial charge in [0.25, 0.3) is 0 Å². The molecule has 0 saturated carbocycles. The van der Waals surface area contributed by atoms with E-state index in [1.54, 1.807) is 0 Å². The van der Waals surface area contributed by atoms with E-state index >= 15 is 0 Å². The summed E-state index contributed by atoms with van der Waals surface area (Å²) in [7, 11) is 0. The van der Waals surface area contributed by atoms with Gasteiger partial charge in [-0.05, 0) is 95.0 Å². The Bertz CT molecular complexity index is 4630. The SMILES string of the molecule is c1ccc2cc3c(cc2c1)c1c2ccccc2ccc1n3-c1c(-c2nc(-c3ccc4c(ccc5ccccc54)c3)nc(-c3cccc4ccccc34)n2)c2ccccc2c2c1oc1ccccc12. The van der Waals surface area contributed by atoms with Crippen LogP contribution in [0.4, 0.5) is 0 Å². The molecule has 0 aliphatic rings. The molecule has 0 amide bonds. The van der Waals surface area contributed by atoms with Crippen LogP contribution in [0.1, 0.15) is 0 Å². The van der Waals surface area contributed by atoms with Crippen molar-refractivity contribution in [3.63, 3.8) is 0 Å². The molecule has 3 aromatic heterocycles. The molecule has 12 aromatic carbocycles. The normalized spacial score (nSPS) is 12.1. The molecule has 0 fully saturated rings. The molecule has 0 unspecified atom stereocenters. The average Bonchev–Trinajstić information content (AvgIpc) is 3.95. The Morgan fingerprint density at radius 1 is 0.324 bits per heavy atom. The molecule has 15 aromatic rings. The van der Waals surface area contributed by atoms with E-state index in [1.807, 2.05) is 6.07 Å². The maximum atomic E-state index is 7.23. The molecule has 15 rings (SSSR count). The van der Waals surface area contributed by atoms with Crippen LogP contribution in [-0.4, -0.2) is 19.5 Å². The summed E-state index contributed by atoms with van der Waals surface area (Å²) in [5.41, 5.74) is 7.31. The Morgan fingerprint density at radius 3 is 1.72 bits per heavy atom. The largest absolute Gasteiger partial charge is 0.454 e. The molecule has 0 bridgehead atoms. The lowest BCUT2D eigenvalue weighted by molar-refractivity contribution is 0.667. The van der Waals surface area contributed by atoms with Gasteiger partial charge in [-0.3, -0.25) is 0 Å². The molecule has 5 nitrogen and oxygen atoms in total. The van der Waals surface area contributed by atoms with E-state index in [0.29, 0.717) is 17.5 Å². The van der Waals surface area contributed by atoms with Crippen LogP contribution in [0, 0.1) is 0 Å². The first-order valence-electron chi connectivity index (χ1n) is 23.1. The number of fused-ring (bicyclic) bond motifs is 15. The minimum atomic E-state index is 0.557. The van der Waals surface area contributed by atoms with Crippen LogP contribution in [0.25, 0.3) is 148 Å². The lowest BCUT2D eigenvalue weighted by atomic mass is 9.96. The van der Waals surface area contributed by atoms with Crippen molar-refractivity contribution >= 4 is 108 Å². The number of nitrogens with zero attached hydrogens (tertiary/aromatic N) is 4. The van der Waals surface area contributed by atoms with Crippen LogP contribution in [-0.2, 0) is 0 Å². The van der Waals surface area contributed by atoms with Gasteiger partial charge < -0.3 is 8.98 Å². The van der Waals surface area contributed by atoms with Gasteiger partial charge in [-0.15, -0.1) is 0 Å². The molecular formula is C63H36N4O. The topological polar surface area (TPSA) is 56.7 Å². The second-order valence-corrected chi connectivity index (χ2v) is 17.9. The maximum Gasteiger partial charge on any atom is 0.166 e. The Balaban J connectivity index is 1.13. The van der Waals surface area contributed by atoms with Crippen molar-refractivity contribution in [1.29, 1.82) is 0 Å². The number of para-hydroxylation sites is 1. The molecule has 68 heavy (non-hydrogen) atoms. The van der Waals surface area contributed by atoms with E-state index in [9.17, 15) is 0 Å². The van der Waals surface area contributed by atoms with Crippen LogP contribution in [0.3, 0.4) is 0 Å². The van der Waals surface area contributed by atoms with Gasteiger partial charge in [-0.1, -0.05) is 188 Å². The minimum absolute atomic E-state index is 0.557. The summed E-state index contributed by atoms with van der Waals surface area (Å²) in [4.78, 5) is 16.6. The Hall–Kier alpha value is -9.19.